The molecule has 2 unspecified atom stereocenters. The highest BCUT2D eigenvalue weighted by Crippen LogP contribution is 2.38. The Balaban J connectivity index is 2.34. The normalized spacial score (nSPS) is 23.8. The minimum Gasteiger partial charge on any atom is -0.508 e. The lowest BCUT2D eigenvalue weighted by atomic mass is 9.91. The Kier molecular flexibility index (Phi) is 3.75. The molecule has 2 rings (SSSR count). The molecule has 1 N–H and O–H groups in total. The zero-order valence-corrected chi connectivity index (χ0v) is 10.8. The number of para-hydroxylation sites is 1. The number of hydrogen-bond acceptors (Lipinski definition) is 3. The Morgan fingerprint density at radius 1 is 1.39 bits per heavy atom. The van der Waals surface area contributed by atoms with Gasteiger partial charge in [0.05, 0.1) is 13.2 Å². The number of amides is 1. The number of carbonyl (C=O) groups is 1. The van der Waals surface area contributed by atoms with Crippen LogP contribution in [-0.4, -0.2) is 29.3 Å². The molecule has 98 valence electrons. The van der Waals surface area contributed by atoms with Crippen LogP contribution >= 0.6 is 0 Å². The molecule has 0 aromatic heterocycles. The van der Waals surface area contributed by atoms with Gasteiger partial charge in [0, 0.05) is 11.6 Å². The van der Waals surface area contributed by atoms with Gasteiger partial charge in [0.1, 0.15) is 5.75 Å². The second-order valence-electron chi connectivity index (χ2n) is 4.73. The van der Waals surface area contributed by atoms with Gasteiger partial charge in [0.2, 0.25) is 0 Å². The van der Waals surface area contributed by atoms with Gasteiger partial charge in [-0.05, 0) is 32.3 Å². The first kappa shape index (κ1) is 12.7. The third kappa shape index (κ3) is 2.28. The average Bonchev–Trinajstić information content (AvgIpc) is 2.38. The number of piperidine rings is 1. The summed E-state index contributed by atoms with van der Waals surface area (Å²) >= 11 is 0. The number of hydrogen-bond donors (Lipinski definition) is 1. The van der Waals surface area contributed by atoms with E-state index in [0.29, 0.717) is 0 Å². The first-order valence-corrected chi connectivity index (χ1v) is 6.29. The van der Waals surface area contributed by atoms with Crippen molar-refractivity contribution in [3.8, 4) is 5.75 Å². The van der Waals surface area contributed by atoms with Crippen molar-refractivity contribution in [2.75, 3.05) is 7.11 Å². The summed E-state index contributed by atoms with van der Waals surface area (Å²) in [5.74, 6) is 0.241. The minimum absolute atomic E-state index is 0.0950. The summed E-state index contributed by atoms with van der Waals surface area (Å²) in [7, 11) is 1.39. The highest BCUT2D eigenvalue weighted by molar-refractivity contribution is 5.69. The molecule has 4 nitrogen and oxygen atoms in total. The van der Waals surface area contributed by atoms with E-state index in [2.05, 4.69) is 0 Å². The second-order valence-corrected chi connectivity index (χ2v) is 4.73. The number of aromatic hydroxyl groups is 1. The van der Waals surface area contributed by atoms with Gasteiger partial charge >= 0.3 is 6.09 Å². The molecule has 1 aromatic rings. The molecule has 1 aliphatic heterocycles. The number of likely N-dealkylation sites (tertiary alicyclic amines) is 1. The van der Waals surface area contributed by atoms with Crippen LogP contribution in [0, 0.1) is 0 Å². The van der Waals surface area contributed by atoms with Crippen LogP contribution in [0.5, 0.6) is 5.75 Å². The van der Waals surface area contributed by atoms with E-state index in [1.54, 1.807) is 17.0 Å². The summed E-state index contributed by atoms with van der Waals surface area (Å²) in [6.07, 6.45) is 2.56. The lowest BCUT2D eigenvalue weighted by molar-refractivity contribution is 0.0627. The molecule has 0 spiro atoms. The summed E-state index contributed by atoms with van der Waals surface area (Å²) in [6.45, 7) is 2.02. The maximum atomic E-state index is 11.9. The van der Waals surface area contributed by atoms with Crippen LogP contribution < -0.4 is 0 Å². The van der Waals surface area contributed by atoms with Crippen LogP contribution in [0.25, 0.3) is 0 Å². The standard InChI is InChI=1S/C14H19NO3/c1-10-6-5-8-12(15(10)14(17)18-2)11-7-3-4-9-13(11)16/h3-4,7,9-10,12,16H,5-6,8H2,1-2H3. The van der Waals surface area contributed by atoms with Gasteiger partial charge in [0.25, 0.3) is 0 Å². The van der Waals surface area contributed by atoms with E-state index in [0.717, 1.165) is 24.8 Å². The first-order chi connectivity index (χ1) is 8.65. The number of ether oxygens (including phenoxy) is 1. The molecule has 0 saturated carbocycles. The van der Waals surface area contributed by atoms with Crippen molar-refractivity contribution < 1.29 is 14.6 Å². The van der Waals surface area contributed by atoms with Gasteiger partial charge in [-0.25, -0.2) is 4.79 Å². The number of nitrogens with zero attached hydrogens (tertiary/aromatic N) is 1. The van der Waals surface area contributed by atoms with Crippen LogP contribution in [0.4, 0.5) is 4.79 Å². The van der Waals surface area contributed by atoms with Gasteiger partial charge in [-0.15, -0.1) is 0 Å². The number of phenolic OH excluding ortho intramolecular Hbond substituents is 1. The molecular formula is C14H19NO3. The number of methoxy groups -OCH3 is 1. The fourth-order valence-electron chi connectivity index (χ4n) is 2.68. The van der Waals surface area contributed by atoms with Gasteiger partial charge < -0.3 is 9.84 Å². The van der Waals surface area contributed by atoms with Crippen molar-refractivity contribution >= 4 is 6.09 Å². The Bertz CT molecular complexity index is 433. The van der Waals surface area contributed by atoms with Crippen LogP contribution in [0.1, 0.15) is 37.8 Å². The predicted octanol–water partition coefficient (Wildman–Crippen LogP) is 3.07. The SMILES string of the molecule is COC(=O)N1C(C)CCCC1c1ccccc1O. The van der Waals surface area contributed by atoms with Crippen molar-refractivity contribution in [1.29, 1.82) is 0 Å². The maximum absolute atomic E-state index is 11.9. The Morgan fingerprint density at radius 3 is 2.78 bits per heavy atom. The molecule has 1 aliphatic rings. The number of rotatable bonds is 1. The smallest absolute Gasteiger partial charge is 0.410 e. The third-order valence-electron chi connectivity index (χ3n) is 3.59. The lowest BCUT2D eigenvalue weighted by Crippen LogP contribution is -2.44. The zero-order chi connectivity index (χ0) is 13.1. The van der Waals surface area contributed by atoms with E-state index < -0.39 is 0 Å². The summed E-state index contributed by atoms with van der Waals surface area (Å²) in [5, 5.41) is 9.94. The monoisotopic (exact) mass is 249 g/mol. The third-order valence-corrected chi connectivity index (χ3v) is 3.59. The number of phenols is 1. The van der Waals surface area contributed by atoms with Crippen molar-refractivity contribution in [3.63, 3.8) is 0 Å². The molecule has 0 aliphatic carbocycles. The van der Waals surface area contributed by atoms with Crippen LogP contribution in [0.2, 0.25) is 0 Å². The maximum Gasteiger partial charge on any atom is 0.410 e. The summed E-state index contributed by atoms with van der Waals surface area (Å²) < 4.78 is 4.86. The number of carbonyl (C=O) groups excluding carboxylic acids is 1. The molecule has 1 aromatic carbocycles. The van der Waals surface area contributed by atoms with E-state index in [-0.39, 0.29) is 23.9 Å². The van der Waals surface area contributed by atoms with Crippen molar-refractivity contribution in [2.24, 2.45) is 0 Å². The van der Waals surface area contributed by atoms with Crippen molar-refractivity contribution in [1.82, 2.24) is 4.90 Å². The van der Waals surface area contributed by atoms with Crippen LogP contribution in [0.15, 0.2) is 24.3 Å². The molecule has 4 heteroatoms. The highest BCUT2D eigenvalue weighted by Gasteiger charge is 2.34. The minimum atomic E-state index is -0.324. The van der Waals surface area contributed by atoms with Crippen molar-refractivity contribution in [3.05, 3.63) is 29.8 Å². The predicted molar refractivity (Wildman–Crippen MR) is 68.4 cm³/mol. The van der Waals surface area contributed by atoms with E-state index in [1.807, 2.05) is 19.1 Å². The van der Waals surface area contributed by atoms with Crippen LogP contribution in [0.3, 0.4) is 0 Å². The van der Waals surface area contributed by atoms with E-state index in [9.17, 15) is 9.90 Å². The summed E-state index contributed by atoms with van der Waals surface area (Å²) in [6, 6.07) is 7.23. The molecule has 2 atom stereocenters. The molecule has 0 radical (unpaired) electrons. The molecule has 18 heavy (non-hydrogen) atoms. The quantitative estimate of drug-likeness (QED) is 0.832. The fraction of sp³-hybridized carbons (Fsp3) is 0.500. The second kappa shape index (κ2) is 5.29. The van der Waals surface area contributed by atoms with E-state index in [4.69, 9.17) is 4.74 Å². The van der Waals surface area contributed by atoms with Crippen LogP contribution in [-0.2, 0) is 4.74 Å². The largest absolute Gasteiger partial charge is 0.508 e. The fourth-order valence-corrected chi connectivity index (χ4v) is 2.68. The Labute approximate surface area is 107 Å². The molecular weight excluding hydrogens is 230 g/mol. The molecule has 1 amide bonds. The molecule has 1 fully saturated rings. The van der Waals surface area contributed by atoms with Gasteiger partial charge in [0.15, 0.2) is 0 Å². The summed E-state index contributed by atoms with van der Waals surface area (Å²) in [5.41, 5.74) is 0.800. The lowest BCUT2D eigenvalue weighted by Gasteiger charge is -2.39. The topological polar surface area (TPSA) is 49.8 Å². The highest BCUT2D eigenvalue weighted by atomic mass is 16.5. The van der Waals surface area contributed by atoms with E-state index >= 15 is 0 Å². The Hall–Kier alpha value is -1.71. The molecule has 0 bridgehead atoms. The number of benzene rings is 1. The zero-order valence-electron chi connectivity index (χ0n) is 10.8. The van der Waals surface area contributed by atoms with E-state index in [1.165, 1.54) is 7.11 Å². The van der Waals surface area contributed by atoms with Gasteiger partial charge in [-0.1, -0.05) is 18.2 Å². The Morgan fingerprint density at radius 2 is 2.11 bits per heavy atom. The van der Waals surface area contributed by atoms with Gasteiger partial charge in [-0.3, -0.25) is 4.90 Å². The first-order valence-electron chi connectivity index (χ1n) is 6.29. The summed E-state index contributed by atoms with van der Waals surface area (Å²) in [4.78, 5) is 13.6. The molecule has 1 heterocycles. The van der Waals surface area contributed by atoms with Crippen molar-refractivity contribution in [2.45, 2.75) is 38.3 Å². The molecule has 1 saturated heterocycles. The van der Waals surface area contributed by atoms with Gasteiger partial charge in [-0.2, -0.15) is 0 Å². The average molecular weight is 249 g/mol.